The van der Waals surface area contributed by atoms with Gasteiger partial charge in [0, 0.05) is 19.1 Å². The Balaban J connectivity index is 1.69. The van der Waals surface area contributed by atoms with Crippen LogP contribution in [0.1, 0.15) is 32.8 Å². The number of aryl methyl sites for hydroxylation is 1. The van der Waals surface area contributed by atoms with Gasteiger partial charge in [0.25, 0.3) is 0 Å². The minimum absolute atomic E-state index is 0.113. The van der Waals surface area contributed by atoms with Gasteiger partial charge in [0.2, 0.25) is 5.91 Å². The molecule has 0 saturated carbocycles. The van der Waals surface area contributed by atoms with Crippen LogP contribution in [0.2, 0.25) is 0 Å². The van der Waals surface area contributed by atoms with Crippen molar-refractivity contribution in [1.29, 1.82) is 0 Å². The molecule has 0 radical (unpaired) electrons. The Morgan fingerprint density at radius 3 is 2.55 bits per heavy atom. The Kier molecular flexibility index (Phi) is 6.40. The van der Waals surface area contributed by atoms with E-state index in [1.54, 1.807) is 0 Å². The number of carbonyl (C=O) groups is 1. The highest BCUT2D eigenvalue weighted by Crippen LogP contribution is 2.10. The van der Waals surface area contributed by atoms with Gasteiger partial charge in [-0.3, -0.25) is 9.69 Å². The fraction of sp³-hybridized carbons (Fsp3) is 0.611. The molecule has 122 valence electrons. The van der Waals surface area contributed by atoms with Crippen molar-refractivity contribution in [2.45, 2.75) is 51.9 Å². The molecule has 2 rings (SSSR count). The Hall–Kier alpha value is -1.39. The summed E-state index contributed by atoms with van der Waals surface area (Å²) in [4.78, 5) is 14.3. The van der Waals surface area contributed by atoms with E-state index in [1.165, 1.54) is 5.56 Å². The Morgan fingerprint density at radius 2 is 1.91 bits per heavy atom. The third kappa shape index (κ3) is 5.78. The van der Waals surface area contributed by atoms with Gasteiger partial charge in [0.05, 0.1) is 18.8 Å². The average Bonchev–Trinajstić information content (AvgIpc) is 2.45. The first-order valence-corrected chi connectivity index (χ1v) is 8.24. The molecule has 1 aliphatic heterocycles. The maximum absolute atomic E-state index is 12.2. The number of ether oxygens (including phenoxy) is 1. The molecule has 4 nitrogen and oxygen atoms in total. The zero-order valence-corrected chi connectivity index (χ0v) is 13.9. The predicted octanol–water partition coefficient (Wildman–Crippen LogP) is 2.23. The summed E-state index contributed by atoms with van der Waals surface area (Å²) in [5.41, 5.74) is 1.32. The molecule has 1 amide bonds. The van der Waals surface area contributed by atoms with Crippen molar-refractivity contribution in [3.05, 3.63) is 35.9 Å². The van der Waals surface area contributed by atoms with Crippen LogP contribution in [-0.2, 0) is 16.0 Å². The summed E-state index contributed by atoms with van der Waals surface area (Å²) < 4.78 is 5.69. The highest BCUT2D eigenvalue weighted by Gasteiger charge is 2.23. The van der Waals surface area contributed by atoms with E-state index in [0.29, 0.717) is 6.54 Å². The van der Waals surface area contributed by atoms with E-state index in [-0.39, 0.29) is 24.2 Å². The Morgan fingerprint density at radius 1 is 1.27 bits per heavy atom. The van der Waals surface area contributed by atoms with Crippen LogP contribution in [0.4, 0.5) is 0 Å². The maximum atomic E-state index is 12.2. The lowest BCUT2D eigenvalue weighted by Crippen LogP contribution is -2.50. The second kappa shape index (κ2) is 8.30. The molecule has 0 aromatic heterocycles. The van der Waals surface area contributed by atoms with E-state index in [9.17, 15) is 4.79 Å². The van der Waals surface area contributed by atoms with Gasteiger partial charge in [-0.15, -0.1) is 0 Å². The molecule has 1 fully saturated rings. The van der Waals surface area contributed by atoms with E-state index < -0.39 is 0 Å². The van der Waals surface area contributed by atoms with Crippen molar-refractivity contribution >= 4 is 5.91 Å². The smallest absolute Gasteiger partial charge is 0.234 e. The number of nitrogens with zero attached hydrogens (tertiary/aromatic N) is 1. The molecule has 1 aromatic carbocycles. The highest BCUT2D eigenvalue weighted by atomic mass is 16.5. The van der Waals surface area contributed by atoms with Crippen molar-refractivity contribution in [3.63, 3.8) is 0 Å². The molecule has 0 unspecified atom stereocenters. The third-order valence-electron chi connectivity index (χ3n) is 3.98. The summed E-state index contributed by atoms with van der Waals surface area (Å²) in [5, 5.41) is 3.11. The minimum atomic E-state index is 0.113. The van der Waals surface area contributed by atoms with Gasteiger partial charge in [0.15, 0.2) is 0 Å². The molecule has 0 bridgehead atoms. The lowest BCUT2D eigenvalue weighted by atomic mass is 10.1. The molecule has 3 atom stereocenters. The van der Waals surface area contributed by atoms with E-state index >= 15 is 0 Å². The van der Waals surface area contributed by atoms with Gasteiger partial charge in [0.1, 0.15) is 0 Å². The first-order valence-electron chi connectivity index (χ1n) is 8.24. The normalized spacial score (nSPS) is 24.0. The second-order valence-corrected chi connectivity index (χ2v) is 6.44. The summed E-state index contributed by atoms with van der Waals surface area (Å²) >= 11 is 0. The van der Waals surface area contributed by atoms with E-state index in [2.05, 4.69) is 55.3 Å². The SMILES string of the molecule is C[C@H](CCc1ccccc1)NC(=O)CN1C[C@@H](C)O[C@H](C)C1. The molecule has 4 heteroatoms. The summed E-state index contributed by atoms with van der Waals surface area (Å²) in [5.74, 6) is 0.113. The number of amides is 1. The predicted molar refractivity (Wildman–Crippen MR) is 88.8 cm³/mol. The van der Waals surface area contributed by atoms with Crippen LogP contribution >= 0.6 is 0 Å². The van der Waals surface area contributed by atoms with Gasteiger partial charge in [-0.2, -0.15) is 0 Å². The summed E-state index contributed by atoms with van der Waals surface area (Å²) in [6, 6.07) is 10.6. The first-order chi connectivity index (χ1) is 10.5. The van der Waals surface area contributed by atoms with Crippen molar-refractivity contribution < 1.29 is 9.53 Å². The molecule has 22 heavy (non-hydrogen) atoms. The third-order valence-corrected chi connectivity index (χ3v) is 3.98. The molecular formula is C18H28N2O2. The van der Waals surface area contributed by atoms with Gasteiger partial charge in [-0.25, -0.2) is 0 Å². The first kappa shape index (κ1) is 17.0. The molecule has 0 spiro atoms. The quantitative estimate of drug-likeness (QED) is 0.876. The topological polar surface area (TPSA) is 41.6 Å². The van der Waals surface area contributed by atoms with Gasteiger partial charge >= 0.3 is 0 Å². The van der Waals surface area contributed by atoms with Crippen molar-refractivity contribution in [2.75, 3.05) is 19.6 Å². The monoisotopic (exact) mass is 304 g/mol. The van der Waals surface area contributed by atoms with Gasteiger partial charge < -0.3 is 10.1 Å². The highest BCUT2D eigenvalue weighted by molar-refractivity contribution is 5.78. The van der Waals surface area contributed by atoms with Crippen molar-refractivity contribution in [2.24, 2.45) is 0 Å². The fourth-order valence-corrected chi connectivity index (χ4v) is 3.04. The van der Waals surface area contributed by atoms with Crippen molar-refractivity contribution in [1.82, 2.24) is 10.2 Å². The van der Waals surface area contributed by atoms with Crippen LogP contribution in [0, 0.1) is 0 Å². The number of nitrogens with one attached hydrogen (secondary N) is 1. The average molecular weight is 304 g/mol. The second-order valence-electron chi connectivity index (χ2n) is 6.44. The number of morpholine rings is 1. The molecule has 1 N–H and O–H groups in total. The summed E-state index contributed by atoms with van der Waals surface area (Å²) in [6.07, 6.45) is 2.36. The summed E-state index contributed by atoms with van der Waals surface area (Å²) in [7, 11) is 0. The molecule has 1 saturated heterocycles. The lowest BCUT2D eigenvalue weighted by molar-refractivity contribution is -0.126. The molecule has 1 heterocycles. The Bertz CT molecular complexity index is 453. The van der Waals surface area contributed by atoms with Crippen LogP contribution in [0.15, 0.2) is 30.3 Å². The number of rotatable bonds is 6. The van der Waals surface area contributed by atoms with Crippen LogP contribution in [-0.4, -0.2) is 48.7 Å². The van der Waals surface area contributed by atoms with Crippen LogP contribution in [0.3, 0.4) is 0 Å². The molecule has 1 aliphatic rings. The number of hydrogen-bond acceptors (Lipinski definition) is 3. The maximum Gasteiger partial charge on any atom is 0.234 e. The zero-order valence-electron chi connectivity index (χ0n) is 13.9. The van der Waals surface area contributed by atoms with E-state index in [1.807, 2.05) is 6.07 Å². The Labute approximate surface area is 133 Å². The van der Waals surface area contributed by atoms with E-state index in [0.717, 1.165) is 25.9 Å². The van der Waals surface area contributed by atoms with E-state index in [4.69, 9.17) is 4.74 Å². The van der Waals surface area contributed by atoms with Gasteiger partial charge in [-0.05, 0) is 39.2 Å². The van der Waals surface area contributed by atoms with Crippen LogP contribution in [0.25, 0.3) is 0 Å². The largest absolute Gasteiger partial charge is 0.373 e. The number of benzene rings is 1. The minimum Gasteiger partial charge on any atom is -0.373 e. The molecule has 1 aromatic rings. The van der Waals surface area contributed by atoms with Crippen molar-refractivity contribution in [3.8, 4) is 0 Å². The lowest BCUT2D eigenvalue weighted by Gasteiger charge is -2.35. The van der Waals surface area contributed by atoms with Crippen LogP contribution in [0.5, 0.6) is 0 Å². The zero-order chi connectivity index (χ0) is 15.9. The number of carbonyl (C=O) groups excluding carboxylic acids is 1. The summed E-state index contributed by atoms with van der Waals surface area (Å²) in [6.45, 7) is 8.32. The number of hydrogen-bond donors (Lipinski definition) is 1. The standard InChI is InChI=1S/C18H28N2O2/c1-14(9-10-17-7-5-4-6-8-17)19-18(21)13-20-11-15(2)22-16(3)12-20/h4-8,14-16H,9-13H2,1-3H3,(H,19,21)/t14-,15-,16-/m1/s1. The van der Waals surface area contributed by atoms with Gasteiger partial charge in [-0.1, -0.05) is 30.3 Å². The molecule has 0 aliphatic carbocycles. The van der Waals surface area contributed by atoms with Crippen LogP contribution < -0.4 is 5.32 Å². The fourth-order valence-electron chi connectivity index (χ4n) is 3.04. The molecular weight excluding hydrogens is 276 g/mol.